The third kappa shape index (κ3) is 1.37. The van der Waals surface area contributed by atoms with Crippen molar-refractivity contribution in [2.45, 2.75) is 12.6 Å². The molecule has 0 aromatic heterocycles. The molecule has 1 heterocycles. The van der Waals surface area contributed by atoms with E-state index < -0.39 is 0 Å². The van der Waals surface area contributed by atoms with E-state index in [1.54, 1.807) is 11.8 Å². The van der Waals surface area contributed by atoms with E-state index in [1.807, 2.05) is 14.0 Å². The molecule has 3 N–H and O–H groups in total. The van der Waals surface area contributed by atoms with Crippen LogP contribution in [0.2, 0.25) is 0 Å². The van der Waals surface area contributed by atoms with Crippen molar-refractivity contribution in [1.29, 1.82) is 0 Å². The lowest BCUT2D eigenvalue weighted by atomic mass is 10.3. The molecule has 0 aromatic rings. The lowest BCUT2D eigenvalue weighted by Gasteiger charge is -2.16. The van der Waals surface area contributed by atoms with Crippen LogP contribution in [0.1, 0.15) is 6.92 Å². The van der Waals surface area contributed by atoms with Gasteiger partial charge in [0.15, 0.2) is 5.17 Å². The first-order valence-corrected chi connectivity index (χ1v) is 3.82. The van der Waals surface area contributed by atoms with Gasteiger partial charge in [-0.25, -0.2) is 4.99 Å². The summed E-state index contributed by atoms with van der Waals surface area (Å²) in [4.78, 5) is 4.19. The molecule has 0 aromatic carbocycles. The zero-order valence-corrected chi connectivity index (χ0v) is 6.46. The molecule has 1 unspecified atom stereocenters. The molecule has 0 saturated carbocycles. The SMILES string of the molecule is CNC1(C)CSC(N)=N1. The van der Waals surface area contributed by atoms with Gasteiger partial charge in [-0.1, -0.05) is 11.8 Å². The van der Waals surface area contributed by atoms with Crippen molar-refractivity contribution >= 4 is 16.9 Å². The topological polar surface area (TPSA) is 50.4 Å². The molecule has 1 aliphatic rings. The van der Waals surface area contributed by atoms with Crippen LogP contribution in [0.15, 0.2) is 4.99 Å². The van der Waals surface area contributed by atoms with E-state index in [2.05, 4.69) is 10.3 Å². The van der Waals surface area contributed by atoms with Crippen molar-refractivity contribution in [3.8, 4) is 0 Å². The van der Waals surface area contributed by atoms with E-state index in [9.17, 15) is 0 Å². The monoisotopic (exact) mass is 145 g/mol. The highest BCUT2D eigenvalue weighted by Gasteiger charge is 2.26. The van der Waals surface area contributed by atoms with Gasteiger partial charge in [0.2, 0.25) is 0 Å². The summed E-state index contributed by atoms with van der Waals surface area (Å²) in [6.07, 6.45) is 0. The molecule has 0 saturated heterocycles. The minimum Gasteiger partial charge on any atom is -0.378 e. The van der Waals surface area contributed by atoms with Gasteiger partial charge in [-0.2, -0.15) is 0 Å². The molecule has 0 amide bonds. The maximum atomic E-state index is 5.46. The third-order valence-electron chi connectivity index (χ3n) is 1.40. The molecular formula is C5H11N3S. The molecule has 9 heavy (non-hydrogen) atoms. The van der Waals surface area contributed by atoms with Gasteiger partial charge in [0.1, 0.15) is 5.66 Å². The van der Waals surface area contributed by atoms with Crippen LogP contribution < -0.4 is 11.1 Å². The van der Waals surface area contributed by atoms with Gasteiger partial charge < -0.3 is 5.73 Å². The normalized spacial score (nSPS) is 34.7. The average Bonchev–Trinajstić information content (AvgIpc) is 2.13. The summed E-state index contributed by atoms with van der Waals surface area (Å²) in [6, 6.07) is 0. The van der Waals surface area contributed by atoms with Gasteiger partial charge in [-0.15, -0.1) is 0 Å². The quantitative estimate of drug-likeness (QED) is 0.545. The maximum Gasteiger partial charge on any atom is 0.155 e. The molecule has 0 radical (unpaired) electrons. The van der Waals surface area contributed by atoms with Gasteiger partial charge in [0, 0.05) is 5.75 Å². The van der Waals surface area contributed by atoms with Crippen molar-refractivity contribution < 1.29 is 0 Å². The Morgan fingerprint density at radius 3 is 2.78 bits per heavy atom. The molecule has 1 aliphatic heterocycles. The van der Waals surface area contributed by atoms with E-state index in [-0.39, 0.29) is 5.66 Å². The van der Waals surface area contributed by atoms with Crippen LogP contribution in [0, 0.1) is 0 Å². The van der Waals surface area contributed by atoms with Gasteiger partial charge >= 0.3 is 0 Å². The number of nitrogens with two attached hydrogens (primary N) is 1. The summed E-state index contributed by atoms with van der Waals surface area (Å²) in [5, 5.41) is 3.77. The fourth-order valence-corrected chi connectivity index (χ4v) is 1.55. The van der Waals surface area contributed by atoms with Crippen LogP contribution in [-0.2, 0) is 0 Å². The zero-order chi connectivity index (χ0) is 6.91. The largest absolute Gasteiger partial charge is 0.378 e. The van der Waals surface area contributed by atoms with Crippen molar-refractivity contribution in [1.82, 2.24) is 5.32 Å². The summed E-state index contributed by atoms with van der Waals surface area (Å²) in [5.41, 5.74) is 5.34. The van der Waals surface area contributed by atoms with Crippen LogP contribution in [0.3, 0.4) is 0 Å². The number of nitrogens with zero attached hydrogens (tertiary/aromatic N) is 1. The van der Waals surface area contributed by atoms with Gasteiger partial charge in [-0.05, 0) is 14.0 Å². The van der Waals surface area contributed by atoms with Crippen molar-refractivity contribution in [2.75, 3.05) is 12.8 Å². The Bertz CT molecular complexity index is 145. The summed E-state index contributed by atoms with van der Waals surface area (Å²) in [6.45, 7) is 2.03. The number of thioether (sulfide) groups is 1. The number of aliphatic imine (C=N–C) groups is 1. The van der Waals surface area contributed by atoms with Crippen LogP contribution in [-0.4, -0.2) is 23.6 Å². The van der Waals surface area contributed by atoms with Gasteiger partial charge in [0.05, 0.1) is 0 Å². The molecular weight excluding hydrogens is 134 g/mol. The van der Waals surface area contributed by atoms with E-state index in [0.29, 0.717) is 5.17 Å². The smallest absolute Gasteiger partial charge is 0.155 e. The highest BCUT2D eigenvalue weighted by atomic mass is 32.2. The van der Waals surface area contributed by atoms with Crippen LogP contribution in [0.25, 0.3) is 0 Å². The molecule has 3 nitrogen and oxygen atoms in total. The summed E-state index contributed by atoms with van der Waals surface area (Å²) in [7, 11) is 1.89. The van der Waals surface area contributed by atoms with Crippen LogP contribution in [0.5, 0.6) is 0 Å². The first kappa shape index (κ1) is 6.89. The Hall–Kier alpha value is -0.220. The van der Waals surface area contributed by atoms with E-state index >= 15 is 0 Å². The zero-order valence-electron chi connectivity index (χ0n) is 5.64. The molecule has 1 atom stereocenters. The number of rotatable bonds is 1. The average molecular weight is 145 g/mol. The Morgan fingerprint density at radius 1 is 1.89 bits per heavy atom. The summed E-state index contributed by atoms with van der Waals surface area (Å²) in [5.74, 6) is 0.940. The molecule has 0 spiro atoms. The third-order valence-corrected chi connectivity index (χ3v) is 2.49. The van der Waals surface area contributed by atoms with Gasteiger partial charge in [0.25, 0.3) is 0 Å². The van der Waals surface area contributed by atoms with E-state index in [0.717, 1.165) is 5.75 Å². The minimum atomic E-state index is -0.116. The number of amidine groups is 1. The highest BCUT2D eigenvalue weighted by Crippen LogP contribution is 2.21. The first-order valence-electron chi connectivity index (χ1n) is 2.83. The molecule has 1 rings (SSSR count). The second-order valence-corrected chi connectivity index (χ2v) is 3.26. The number of hydrogen-bond acceptors (Lipinski definition) is 4. The Balaban J connectivity index is 2.64. The van der Waals surface area contributed by atoms with Crippen molar-refractivity contribution in [2.24, 2.45) is 10.7 Å². The van der Waals surface area contributed by atoms with E-state index in [4.69, 9.17) is 5.73 Å². The van der Waals surface area contributed by atoms with Crippen LogP contribution >= 0.6 is 11.8 Å². The standard InChI is InChI=1S/C5H11N3S/c1-5(7-2)3-9-4(6)8-5/h7H,3H2,1-2H3,(H2,6,8). The fourth-order valence-electron chi connectivity index (χ4n) is 0.650. The number of nitrogens with one attached hydrogen (secondary N) is 1. The maximum absolute atomic E-state index is 5.46. The molecule has 0 fully saturated rings. The minimum absolute atomic E-state index is 0.116. The molecule has 4 heteroatoms. The Morgan fingerprint density at radius 2 is 2.56 bits per heavy atom. The summed E-state index contributed by atoms with van der Waals surface area (Å²) < 4.78 is 0. The lowest BCUT2D eigenvalue weighted by molar-refractivity contribution is 0.462. The van der Waals surface area contributed by atoms with Crippen molar-refractivity contribution in [3.63, 3.8) is 0 Å². The second-order valence-electron chi connectivity index (χ2n) is 2.26. The predicted molar refractivity (Wildman–Crippen MR) is 41.5 cm³/mol. The summed E-state index contributed by atoms with van der Waals surface area (Å²) >= 11 is 1.59. The lowest BCUT2D eigenvalue weighted by Crippen LogP contribution is -2.38. The van der Waals surface area contributed by atoms with Crippen LogP contribution in [0.4, 0.5) is 0 Å². The molecule has 0 aliphatic carbocycles. The highest BCUT2D eigenvalue weighted by molar-refractivity contribution is 8.14. The molecule has 0 bridgehead atoms. The fraction of sp³-hybridized carbons (Fsp3) is 0.800. The first-order chi connectivity index (χ1) is 4.16. The van der Waals surface area contributed by atoms with Gasteiger partial charge in [-0.3, -0.25) is 5.32 Å². The Kier molecular flexibility index (Phi) is 1.68. The Labute approximate surface area is 59.1 Å². The number of hydrogen-bond donors (Lipinski definition) is 2. The second kappa shape index (κ2) is 2.19. The predicted octanol–water partition coefficient (Wildman–Crippen LogP) is -0.0165. The van der Waals surface area contributed by atoms with Crippen molar-refractivity contribution in [3.05, 3.63) is 0 Å². The molecule has 52 valence electrons. The van der Waals surface area contributed by atoms with E-state index in [1.165, 1.54) is 0 Å².